The van der Waals surface area contributed by atoms with Gasteiger partial charge in [-0.15, -0.1) is 0 Å². The maximum Gasteiger partial charge on any atom is 0.255 e. The number of carbonyl (C=O) groups is 1. The quantitative estimate of drug-likeness (QED) is 0.505. The SMILES string of the molecule is O=C(Nc1ccc(Nc2cn[nH]c2-c2ccccn2)nc1)c1ccccc1. The average Bonchev–Trinajstić information content (AvgIpc) is 3.19. The molecule has 7 nitrogen and oxygen atoms in total. The van der Waals surface area contributed by atoms with Crippen molar-refractivity contribution < 1.29 is 4.79 Å². The Labute approximate surface area is 155 Å². The lowest BCUT2D eigenvalue weighted by molar-refractivity contribution is 0.102. The van der Waals surface area contributed by atoms with Gasteiger partial charge >= 0.3 is 0 Å². The number of benzene rings is 1. The fraction of sp³-hybridized carbons (Fsp3) is 0. The molecule has 0 unspecified atom stereocenters. The average molecular weight is 356 g/mol. The molecule has 0 radical (unpaired) electrons. The Morgan fingerprint density at radius 3 is 2.48 bits per heavy atom. The van der Waals surface area contributed by atoms with Crippen LogP contribution in [0.1, 0.15) is 10.4 Å². The zero-order valence-corrected chi connectivity index (χ0v) is 14.3. The molecule has 3 aromatic heterocycles. The predicted molar refractivity (Wildman–Crippen MR) is 104 cm³/mol. The van der Waals surface area contributed by atoms with Crippen LogP contribution in [0, 0.1) is 0 Å². The van der Waals surface area contributed by atoms with Gasteiger partial charge in [-0.3, -0.25) is 14.9 Å². The Balaban J connectivity index is 1.46. The third-order valence-electron chi connectivity index (χ3n) is 3.88. The van der Waals surface area contributed by atoms with E-state index in [1.807, 2.05) is 36.4 Å². The predicted octanol–water partition coefficient (Wildman–Crippen LogP) is 3.86. The van der Waals surface area contributed by atoms with Gasteiger partial charge in [-0.2, -0.15) is 5.10 Å². The second kappa shape index (κ2) is 7.49. The highest BCUT2D eigenvalue weighted by atomic mass is 16.1. The first-order chi connectivity index (χ1) is 13.3. The highest BCUT2D eigenvalue weighted by molar-refractivity contribution is 6.04. The summed E-state index contributed by atoms with van der Waals surface area (Å²) in [5.41, 5.74) is 3.54. The maximum atomic E-state index is 12.2. The molecular formula is C20H16N6O. The molecule has 7 heteroatoms. The van der Waals surface area contributed by atoms with Crippen LogP contribution in [-0.4, -0.2) is 26.1 Å². The Bertz CT molecular complexity index is 1030. The molecule has 1 aromatic carbocycles. The van der Waals surface area contributed by atoms with Gasteiger partial charge < -0.3 is 10.6 Å². The molecule has 0 fully saturated rings. The van der Waals surface area contributed by atoms with Gasteiger partial charge in [0.25, 0.3) is 5.91 Å². The highest BCUT2D eigenvalue weighted by Crippen LogP contribution is 2.26. The number of aromatic amines is 1. The van der Waals surface area contributed by atoms with Gasteiger partial charge in [0.15, 0.2) is 0 Å². The number of anilines is 3. The summed E-state index contributed by atoms with van der Waals surface area (Å²) in [6.45, 7) is 0. The number of nitrogens with zero attached hydrogens (tertiary/aromatic N) is 3. The summed E-state index contributed by atoms with van der Waals surface area (Å²) in [5.74, 6) is 0.455. The van der Waals surface area contributed by atoms with Crippen LogP contribution in [0.25, 0.3) is 11.4 Å². The minimum Gasteiger partial charge on any atom is -0.337 e. The van der Waals surface area contributed by atoms with Crippen molar-refractivity contribution in [1.82, 2.24) is 20.2 Å². The van der Waals surface area contributed by atoms with E-state index in [0.29, 0.717) is 17.1 Å². The topological polar surface area (TPSA) is 95.6 Å². The number of rotatable bonds is 5. The fourth-order valence-electron chi connectivity index (χ4n) is 2.56. The molecule has 1 amide bonds. The summed E-state index contributed by atoms with van der Waals surface area (Å²) in [4.78, 5) is 20.9. The molecule has 0 aliphatic heterocycles. The molecule has 132 valence electrons. The van der Waals surface area contributed by atoms with Crippen molar-refractivity contribution in [1.29, 1.82) is 0 Å². The van der Waals surface area contributed by atoms with Gasteiger partial charge in [0.1, 0.15) is 11.5 Å². The molecule has 0 saturated heterocycles. The summed E-state index contributed by atoms with van der Waals surface area (Å²) in [6, 6.07) is 18.3. The van der Waals surface area contributed by atoms with Crippen LogP contribution in [0.3, 0.4) is 0 Å². The largest absolute Gasteiger partial charge is 0.337 e. The standard InChI is InChI=1S/C20H16N6O/c27-20(14-6-2-1-3-7-14)24-15-9-10-18(22-12-15)25-17-13-23-26-19(17)16-8-4-5-11-21-16/h1-13H,(H,22,25)(H,23,26)(H,24,27). The molecule has 27 heavy (non-hydrogen) atoms. The first kappa shape index (κ1) is 16.5. The zero-order chi connectivity index (χ0) is 18.5. The summed E-state index contributed by atoms with van der Waals surface area (Å²) in [7, 11) is 0. The normalized spacial score (nSPS) is 10.4. The van der Waals surface area contributed by atoms with Gasteiger partial charge in [-0.1, -0.05) is 24.3 Å². The first-order valence-corrected chi connectivity index (χ1v) is 8.34. The van der Waals surface area contributed by atoms with E-state index in [2.05, 4.69) is 30.8 Å². The van der Waals surface area contributed by atoms with Gasteiger partial charge in [0.2, 0.25) is 0 Å². The molecule has 3 N–H and O–H groups in total. The molecule has 0 aliphatic carbocycles. The molecule has 0 saturated carbocycles. The van der Waals surface area contributed by atoms with Crippen molar-refractivity contribution in [2.45, 2.75) is 0 Å². The lowest BCUT2D eigenvalue weighted by Crippen LogP contribution is -2.11. The van der Waals surface area contributed by atoms with Gasteiger partial charge in [0, 0.05) is 11.8 Å². The van der Waals surface area contributed by atoms with E-state index in [0.717, 1.165) is 17.1 Å². The van der Waals surface area contributed by atoms with E-state index >= 15 is 0 Å². The van der Waals surface area contributed by atoms with E-state index in [1.165, 1.54) is 0 Å². The van der Waals surface area contributed by atoms with Crippen molar-refractivity contribution in [3.05, 3.63) is 84.8 Å². The van der Waals surface area contributed by atoms with Crippen LogP contribution in [-0.2, 0) is 0 Å². The number of hydrogen-bond acceptors (Lipinski definition) is 5. The van der Waals surface area contributed by atoms with Crippen LogP contribution in [0.5, 0.6) is 0 Å². The van der Waals surface area contributed by atoms with E-state index in [1.54, 1.807) is 42.9 Å². The number of carbonyl (C=O) groups excluding carboxylic acids is 1. The van der Waals surface area contributed by atoms with Gasteiger partial charge in [0.05, 0.1) is 29.5 Å². The minimum atomic E-state index is -0.176. The van der Waals surface area contributed by atoms with E-state index in [-0.39, 0.29) is 5.91 Å². The van der Waals surface area contributed by atoms with Crippen molar-refractivity contribution in [3.8, 4) is 11.4 Å². The second-order valence-electron chi connectivity index (χ2n) is 5.75. The monoisotopic (exact) mass is 356 g/mol. The van der Waals surface area contributed by atoms with Gasteiger partial charge in [-0.05, 0) is 36.4 Å². The summed E-state index contributed by atoms with van der Waals surface area (Å²) in [6.07, 6.45) is 5.00. The Morgan fingerprint density at radius 1 is 0.889 bits per heavy atom. The van der Waals surface area contributed by atoms with E-state index in [4.69, 9.17) is 0 Å². The van der Waals surface area contributed by atoms with Crippen LogP contribution in [0.4, 0.5) is 17.2 Å². The molecule has 4 rings (SSSR count). The summed E-state index contributed by atoms with van der Waals surface area (Å²) < 4.78 is 0. The summed E-state index contributed by atoms with van der Waals surface area (Å²) >= 11 is 0. The lowest BCUT2D eigenvalue weighted by Gasteiger charge is -2.08. The molecule has 0 bridgehead atoms. The van der Waals surface area contributed by atoms with Gasteiger partial charge in [-0.25, -0.2) is 4.98 Å². The number of pyridine rings is 2. The smallest absolute Gasteiger partial charge is 0.255 e. The summed E-state index contributed by atoms with van der Waals surface area (Å²) in [5, 5.41) is 13.0. The van der Waals surface area contributed by atoms with Crippen LogP contribution < -0.4 is 10.6 Å². The van der Waals surface area contributed by atoms with E-state index in [9.17, 15) is 4.79 Å². The highest BCUT2D eigenvalue weighted by Gasteiger charge is 2.10. The maximum absolute atomic E-state index is 12.2. The number of hydrogen-bond donors (Lipinski definition) is 3. The van der Waals surface area contributed by atoms with E-state index < -0.39 is 0 Å². The number of nitrogens with one attached hydrogen (secondary N) is 3. The molecule has 0 spiro atoms. The number of amides is 1. The van der Waals surface area contributed by atoms with Crippen molar-refractivity contribution >= 4 is 23.1 Å². The molecular weight excluding hydrogens is 340 g/mol. The second-order valence-corrected chi connectivity index (χ2v) is 5.75. The zero-order valence-electron chi connectivity index (χ0n) is 14.3. The molecule has 0 atom stereocenters. The number of aromatic nitrogens is 4. The third-order valence-corrected chi connectivity index (χ3v) is 3.88. The number of H-pyrrole nitrogens is 1. The molecule has 0 aliphatic rings. The van der Waals surface area contributed by atoms with Crippen LogP contribution in [0.2, 0.25) is 0 Å². The molecule has 3 heterocycles. The Hall–Kier alpha value is -4.00. The van der Waals surface area contributed by atoms with Crippen molar-refractivity contribution in [2.75, 3.05) is 10.6 Å². The first-order valence-electron chi connectivity index (χ1n) is 8.34. The minimum absolute atomic E-state index is 0.176. The third kappa shape index (κ3) is 3.82. The fourth-order valence-corrected chi connectivity index (χ4v) is 2.56. The van der Waals surface area contributed by atoms with Crippen molar-refractivity contribution in [2.24, 2.45) is 0 Å². The Morgan fingerprint density at radius 2 is 1.74 bits per heavy atom. The molecule has 4 aromatic rings. The lowest BCUT2D eigenvalue weighted by atomic mass is 10.2. The van der Waals surface area contributed by atoms with Crippen LogP contribution in [0.15, 0.2) is 79.3 Å². The Kier molecular flexibility index (Phi) is 4.57. The van der Waals surface area contributed by atoms with Crippen molar-refractivity contribution in [3.63, 3.8) is 0 Å². The van der Waals surface area contributed by atoms with Crippen LogP contribution >= 0.6 is 0 Å².